The van der Waals surface area contributed by atoms with Gasteiger partial charge < -0.3 is 9.80 Å². The number of nitriles is 1. The lowest BCUT2D eigenvalue weighted by Crippen LogP contribution is -2.49. The molecule has 0 radical (unpaired) electrons. The molecular weight excluding hydrogens is 322 g/mol. The first-order valence-electron chi connectivity index (χ1n) is 7.74. The van der Waals surface area contributed by atoms with Crippen molar-refractivity contribution in [3.63, 3.8) is 0 Å². The lowest BCUT2D eigenvalue weighted by Gasteiger charge is -2.35. The van der Waals surface area contributed by atoms with Crippen molar-refractivity contribution in [1.29, 1.82) is 5.26 Å². The second-order valence-corrected chi connectivity index (χ2v) is 5.58. The Balaban J connectivity index is 1.64. The molecule has 0 bridgehead atoms. The van der Waals surface area contributed by atoms with Gasteiger partial charge in [-0.25, -0.2) is 4.98 Å². The average molecular weight is 337 g/mol. The van der Waals surface area contributed by atoms with Crippen LogP contribution in [0.1, 0.15) is 16.1 Å². The minimum absolute atomic E-state index is 0.0372. The minimum atomic E-state index is -0.491. The third kappa shape index (κ3) is 3.55. The van der Waals surface area contributed by atoms with Crippen LogP contribution in [-0.4, -0.2) is 46.9 Å². The second-order valence-electron chi connectivity index (χ2n) is 5.58. The summed E-state index contributed by atoms with van der Waals surface area (Å²) in [4.78, 5) is 30.7. The molecule has 1 fully saturated rings. The molecule has 0 unspecified atom stereocenters. The van der Waals surface area contributed by atoms with Gasteiger partial charge in [-0.15, -0.1) is 0 Å². The quantitative estimate of drug-likeness (QED) is 0.625. The monoisotopic (exact) mass is 337 g/mol. The van der Waals surface area contributed by atoms with Crippen LogP contribution >= 0.6 is 0 Å². The third-order valence-electron chi connectivity index (χ3n) is 4.06. The van der Waals surface area contributed by atoms with Gasteiger partial charge in [-0.05, 0) is 24.3 Å². The number of nitro benzene ring substituents is 1. The molecule has 0 spiro atoms. The van der Waals surface area contributed by atoms with E-state index in [0.29, 0.717) is 37.4 Å². The van der Waals surface area contributed by atoms with Gasteiger partial charge >= 0.3 is 0 Å². The summed E-state index contributed by atoms with van der Waals surface area (Å²) in [5.74, 6) is 0.578. The maximum absolute atomic E-state index is 12.5. The van der Waals surface area contributed by atoms with E-state index in [0.717, 1.165) is 5.82 Å². The number of aromatic nitrogens is 1. The first-order chi connectivity index (χ1) is 12.1. The number of amides is 1. The molecule has 25 heavy (non-hydrogen) atoms. The van der Waals surface area contributed by atoms with E-state index < -0.39 is 4.92 Å². The van der Waals surface area contributed by atoms with Crippen molar-refractivity contribution in [2.24, 2.45) is 0 Å². The Labute approximate surface area is 144 Å². The largest absolute Gasteiger partial charge is 0.353 e. The smallest absolute Gasteiger partial charge is 0.269 e. The van der Waals surface area contributed by atoms with Gasteiger partial charge in [0.15, 0.2) is 0 Å². The zero-order valence-corrected chi connectivity index (χ0v) is 13.3. The third-order valence-corrected chi connectivity index (χ3v) is 4.06. The number of anilines is 1. The molecule has 0 saturated carbocycles. The van der Waals surface area contributed by atoms with Crippen molar-refractivity contribution in [3.05, 3.63) is 63.8 Å². The summed E-state index contributed by atoms with van der Waals surface area (Å²) in [5, 5.41) is 19.6. The standard InChI is InChI=1S/C17H15N5O3/c18-12-14-2-1-3-16(19-14)20-8-10-21(11-9-20)17(23)13-4-6-15(7-5-13)22(24)25/h1-7H,8-11H2. The highest BCUT2D eigenvalue weighted by Gasteiger charge is 2.23. The molecular formula is C17H15N5O3. The number of pyridine rings is 1. The Kier molecular flexibility index (Phi) is 4.57. The number of piperazine rings is 1. The van der Waals surface area contributed by atoms with E-state index in [1.54, 1.807) is 17.0 Å². The lowest BCUT2D eigenvalue weighted by atomic mass is 10.1. The molecule has 1 saturated heterocycles. The fourth-order valence-corrected chi connectivity index (χ4v) is 2.71. The molecule has 3 rings (SSSR count). The van der Waals surface area contributed by atoms with Crippen LogP contribution in [0.5, 0.6) is 0 Å². The molecule has 126 valence electrons. The molecule has 1 aliphatic heterocycles. The Bertz CT molecular complexity index is 836. The number of carbonyl (C=O) groups is 1. The molecule has 2 heterocycles. The van der Waals surface area contributed by atoms with Gasteiger partial charge in [0.05, 0.1) is 4.92 Å². The zero-order valence-electron chi connectivity index (χ0n) is 13.3. The van der Waals surface area contributed by atoms with E-state index in [2.05, 4.69) is 4.98 Å². The molecule has 1 aromatic carbocycles. The van der Waals surface area contributed by atoms with Crippen molar-refractivity contribution >= 4 is 17.4 Å². The van der Waals surface area contributed by atoms with Gasteiger partial charge in [-0.3, -0.25) is 14.9 Å². The van der Waals surface area contributed by atoms with E-state index >= 15 is 0 Å². The minimum Gasteiger partial charge on any atom is -0.353 e. The maximum atomic E-state index is 12.5. The number of benzene rings is 1. The molecule has 0 aliphatic carbocycles. The summed E-state index contributed by atoms with van der Waals surface area (Å²) in [6, 6.07) is 12.9. The fourth-order valence-electron chi connectivity index (χ4n) is 2.71. The zero-order chi connectivity index (χ0) is 17.8. The lowest BCUT2D eigenvalue weighted by molar-refractivity contribution is -0.384. The van der Waals surface area contributed by atoms with Crippen LogP contribution < -0.4 is 4.90 Å². The molecule has 0 N–H and O–H groups in total. The molecule has 2 aromatic rings. The molecule has 8 nitrogen and oxygen atoms in total. The Hall–Kier alpha value is -3.47. The van der Waals surface area contributed by atoms with Crippen LogP contribution in [0.4, 0.5) is 11.5 Å². The molecule has 8 heteroatoms. The maximum Gasteiger partial charge on any atom is 0.269 e. The molecule has 1 aromatic heterocycles. The fraction of sp³-hybridized carbons (Fsp3) is 0.235. The highest BCUT2D eigenvalue weighted by Crippen LogP contribution is 2.17. The van der Waals surface area contributed by atoms with E-state index in [-0.39, 0.29) is 11.6 Å². The SMILES string of the molecule is N#Cc1cccc(N2CCN(C(=O)c3ccc([N+](=O)[O-])cc3)CC2)n1. The number of nitro groups is 1. The van der Waals surface area contributed by atoms with Crippen LogP contribution in [-0.2, 0) is 0 Å². The predicted molar refractivity (Wildman–Crippen MR) is 90.2 cm³/mol. The van der Waals surface area contributed by atoms with Gasteiger partial charge in [-0.1, -0.05) is 6.07 Å². The molecule has 0 atom stereocenters. The number of non-ortho nitro benzene ring substituents is 1. The number of nitrogens with zero attached hydrogens (tertiary/aromatic N) is 5. The van der Waals surface area contributed by atoms with Gasteiger partial charge in [0, 0.05) is 43.9 Å². The van der Waals surface area contributed by atoms with E-state index in [4.69, 9.17) is 5.26 Å². The summed E-state index contributed by atoms with van der Waals surface area (Å²) < 4.78 is 0. The Morgan fingerprint density at radius 2 is 1.80 bits per heavy atom. The summed E-state index contributed by atoms with van der Waals surface area (Å²) >= 11 is 0. The van der Waals surface area contributed by atoms with Gasteiger partial charge in [0.2, 0.25) is 0 Å². The van der Waals surface area contributed by atoms with Crippen molar-refractivity contribution < 1.29 is 9.72 Å². The first-order valence-corrected chi connectivity index (χ1v) is 7.74. The van der Waals surface area contributed by atoms with Gasteiger partial charge in [0.1, 0.15) is 17.6 Å². The van der Waals surface area contributed by atoms with Crippen molar-refractivity contribution in [2.75, 3.05) is 31.1 Å². The normalized spacial score (nSPS) is 14.0. The van der Waals surface area contributed by atoms with Crippen LogP contribution in [0, 0.1) is 21.4 Å². The Morgan fingerprint density at radius 1 is 1.12 bits per heavy atom. The van der Waals surface area contributed by atoms with E-state index in [1.807, 2.05) is 17.0 Å². The highest BCUT2D eigenvalue weighted by molar-refractivity contribution is 5.94. The van der Waals surface area contributed by atoms with Gasteiger partial charge in [0.25, 0.3) is 11.6 Å². The Morgan fingerprint density at radius 3 is 2.40 bits per heavy atom. The van der Waals surface area contributed by atoms with Crippen LogP contribution in [0.3, 0.4) is 0 Å². The first kappa shape index (κ1) is 16.4. The van der Waals surface area contributed by atoms with E-state index in [1.165, 1.54) is 24.3 Å². The number of hydrogen-bond donors (Lipinski definition) is 0. The number of rotatable bonds is 3. The second kappa shape index (κ2) is 6.97. The van der Waals surface area contributed by atoms with Crippen molar-refractivity contribution in [2.45, 2.75) is 0 Å². The summed E-state index contributed by atoms with van der Waals surface area (Å²) in [7, 11) is 0. The van der Waals surface area contributed by atoms with Crippen LogP contribution in [0.2, 0.25) is 0 Å². The van der Waals surface area contributed by atoms with Crippen molar-refractivity contribution in [3.8, 4) is 6.07 Å². The highest BCUT2D eigenvalue weighted by atomic mass is 16.6. The predicted octanol–water partition coefficient (Wildman–Crippen LogP) is 1.82. The van der Waals surface area contributed by atoms with Crippen LogP contribution in [0.25, 0.3) is 0 Å². The topological polar surface area (TPSA) is 103 Å². The van der Waals surface area contributed by atoms with Crippen molar-refractivity contribution in [1.82, 2.24) is 9.88 Å². The number of hydrogen-bond acceptors (Lipinski definition) is 6. The summed E-state index contributed by atoms with van der Waals surface area (Å²) in [6.07, 6.45) is 0. The average Bonchev–Trinajstić information content (AvgIpc) is 2.67. The van der Waals surface area contributed by atoms with Gasteiger partial charge in [-0.2, -0.15) is 5.26 Å². The summed E-state index contributed by atoms with van der Waals surface area (Å²) in [5.41, 5.74) is 0.760. The summed E-state index contributed by atoms with van der Waals surface area (Å²) in [6.45, 7) is 2.27. The molecule has 1 amide bonds. The van der Waals surface area contributed by atoms with Crippen LogP contribution in [0.15, 0.2) is 42.5 Å². The van der Waals surface area contributed by atoms with E-state index in [9.17, 15) is 14.9 Å². The number of carbonyl (C=O) groups excluding carboxylic acids is 1. The molecule has 1 aliphatic rings.